The summed E-state index contributed by atoms with van der Waals surface area (Å²) in [6, 6.07) is 0. The number of anilines is 1. The zero-order valence-electron chi connectivity index (χ0n) is 8.49. The lowest BCUT2D eigenvalue weighted by atomic mass is 10.1. The van der Waals surface area contributed by atoms with Crippen molar-refractivity contribution in [2.45, 2.75) is 19.4 Å². The molecule has 0 unspecified atom stereocenters. The molecule has 0 bridgehead atoms. The van der Waals surface area contributed by atoms with Gasteiger partial charge in [0.25, 0.3) is 0 Å². The molecule has 0 fully saturated rings. The second-order valence-corrected chi connectivity index (χ2v) is 3.73. The van der Waals surface area contributed by atoms with Crippen LogP contribution in [0, 0.1) is 5.82 Å². The van der Waals surface area contributed by atoms with Crippen LogP contribution in [0.1, 0.15) is 13.8 Å². The van der Waals surface area contributed by atoms with Gasteiger partial charge in [-0.25, -0.2) is 14.2 Å². The van der Waals surface area contributed by atoms with Gasteiger partial charge in [-0.05, 0) is 25.4 Å². The van der Waals surface area contributed by atoms with Crippen LogP contribution in [0.2, 0.25) is 5.28 Å². The van der Waals surface area contributed by atoms with Gasteiger partial charge in [-0.3, -0.25) is 0 Å². The zero-order valence-corrected chi connectivity index (χ0v) is 10.1. The Morgan fingerprint density at radius 2 is 2.19 bits per heavy atom. The van der Waals surface area contributed by atoms with Crippen molar-refractivity contribution in [1.29, 1.82) is 0 Å². The number of rotatable bonds is 3. The first-order valence-electron chi connectivity index (χ1n) is 4.02. The molecule has 90 valence electrons. The molecule has 0 aliphatic carbocycles. The molecule has 1 heterocycles. The number of aliphatic carboxylic acids is 1. The van der Waals surface area contributed by atoms with Crippen molar-refractivity contribution in [3.05, 3.63) is 17.3 Å². The van der Waals surface area contributed by atoms with Crippen molar-refractivity contribution >= 4 is 35.8 Å². The summed E-state index contributed by atoms with van der Waals surface area (Å²) in [4.78, 5) is 17.7. The molecule has 0 amide bonds. The first-order chi connectivity index (χ1) is 6.83. The Morgan fingerprint density at radius 3 is 2.69 bits per heavy atom. The Labute approximate surface area is 102 Å². The molecular weight excluding hydrogens is 260 g/mol. The van der Waals surface area contributed by atoms with Crippen LogP contribution in [-0.4, -0.2) is 26.6 Å². The van der Waals surface area contributed by atoms with Crippen LogP contribution in [0.25, 0.3) is 0 Å². The van der Waals surface area contributed by atoms with Crippen LogP contribution >= 0.6 is 24.0 Å². The third-order valence-corrected chi connectivity index (χ3v) is 1.86. The predicted molar refractivity (Wildman–Crippen MR) is 59.6 cm³/mol. The van der Waals surface area contributed by atoms with Crippen LogP contribution in [0.3, 0.4) is 0 Å². The van der Waals surface area contributed by atoms with Crippen molar-refractivity contribution in [3.8, 4) is 0 Å². The largest absolute Gasteiger partial charge is 0.480 e. The summed E-state index contributed by atoms with van der Waals surface area (Å²) in [6.45, 7) is 2.76. The number of carbonyl (C=O) groups is 1. The Kier molecular flexibility index (Phi) is 4.89. The number of hydrogen-bond donors (Lipinski definition) is 2. The molecule has 0 aliphatic rings. The van der Waals surface area contributed by atoms with E-state index in [1.165, 1.54) is 13.8 Å². The second-order valence-electron chi connectivity index (χ2n) is 3.39. The molecule has 5 nitrogen and oxygen atoms in total. The number of carboxylic acid groups (broad SMARTS) is 1. The molecule has 8 heteroatoms. The van der Waals surface area contributed by atoms with E-state index < -0.39 is 17.3 Å². The molecule has 0 aliphatic heterocycles. The molecule has 0 saturated carbocycles. The lowest BCUT2D eigenvalue weighted by Crippen LogP contribution is -2.40. The van der Waals surface area contributed by atoms with Crippen molar-refractivity contribution in [3.63, 3.8) is 0 Å². The number of halogens is 3. The standard InChI is InChI=1S/C8H9ClFN3O2.ClH/c1-8(2,6(14)15)13-5-4(10)3-11-7(9)12-5;/h3H,1-2H3,(H,14,15)(H,11,12,13);1H. The highest BCUT2D eigenvalue weighted by atomic mass is 35.5. The van der Waals surface area contributed by atoms with Crippen LogP contribution in [0.5, 0.6) is 0 Å². The van der Waals surface area contributed by atoms with E-state index >= 15 is 0 Å². The molecule has 1 aromatic rings. The Balaban J connectivity index is 0.00000225. The lowest BCUT2D eigenvalue weighted by molar-refractivity contribution is -0.141. The molecule has 0 radical (unpaired) electrons. The maximum atomic E-state index is 13.1. The topological polar surface area (TPSA) is 75.1 Å². The molecule has 0 atom stereocenters. The van der Waals surface area contributed by atoms with E-state index in [1.807, 2.05) is 0 Å². The predicted octanol–water partition coefficient (Wildman–Crippen LogP) is 1.97. The zero-order chi connectivity index (χ0) is 11.6. The van der Waals surface area contributed by atoms with Gasteiger partial charge >= 0.3 is 5.97 Å². The van der Waals surface area contributed by atoms with Gasteiger partial charge in [0.1, 0.15) is 5.54 Å². The first-order valence-corrected chi connectivity index (χ1v) is 4.40. The maximum absolute atomic E-state index is 13.1. The smallest absolute Gasteiger partial charge is 0.328 e. The fourth-order valence-electron chi connectivity index (χ4n) is 0.783. The van der Waals surface area contributed by atoms with Gasteiger partial charge in [0, 0.05) is 0 Å². The molecule has 2 N–H and O–H groups in total. The number of nitrogens with one attached hydrogen (secondary N) is 1. The highest BCUT2D eigenvalue weighted by Crippen LogP contribution is 2.17. The third-order valence-electron chi connectivity index (χ3n) is 1.68. The molecular formula is C8H10Cl2FN3O2. The van der Waals surface area contributed by atoms with Crippen LogP contribution in [-0.2, 0) is 4.79 Å². The van der Waals surface area contributed by atoms with Gasteiger partial charge < -0.3 is 10.4 Å². The molecule has 0 spiro atoms. The van der Waals surface area contributed by atoms with Gasteiger partial charge in [-0.2, -0.15) is 4.98 Å². The molecule has 0 aromatic carbocycles. The minimum Gasteiger partial charge on any atom is -0.480 e. The van der Waals surface area contributed by atoms with Crippen LogP contribution in [0.15, 0.2) is 6.20 Å². The fraction of sp³-hybridized carbons (Fsp3) is 0.375. The lowest BCUT2D eigenvalue weighted by Gasteiger charge is -2.21. The van der Waals surface area contributed by atoms with E-state index in [9.17, 15) is 9.18 Å². The van der Waals surface area contributed by atoms with Crippen molar-refractivity contribution < 1.29 is 14.3 Å². The third kappa shape index (κ3) is 3.46. The Hall–Kier alpha value is -1.14. The van der Waals surface area contributed by atoms with Crippen molar-refractivity contribution in [2.24, 2.45) is 0 Å². The molecule has 1 aromatic heterocycles. The number of carboxylic acids is 1. The number of nitrogens with zero attached hydrogens (tertiary/aromatic N) is 2. The summed E-state index contributed by atoms with van der Waals surface area (Å²) < 4.78 is 13.1. The van der Waals surface area contributed by atoms with E-state index in [0.717, 1.165) is 6.20 Å². The summed E-state index contributed by atoms with van der Waals surface area (Å²) in [5.41, 5.74) is -1.33. The maximum Gasteiger partial charge on any atom is 0.328 e. The quantitative estimate of drug-likeness (QED) is 0.821. The van der Waals surface area contributed by atoms with Crippen LogP contribution in [0.4, 0.5) is 10.2 Å². The van der Waals surface area contributed by atoms with E-state index in [1.54, 1.807) is 0 Å². The van der Waals surface area contributed by atoms with Crippen molar-refractivity contribution in [1.82, 2.24) is 9.97 Å². The summed E-state index contributed by atoms with van der Waals surface area (Å²) in [5.74, 6) is -2.12. The summed E-state index contributed by atoms with van der Waals surface area (Å²) in [7, 11) is 0. The van der Waals surface area contributed by atoms with E-state index in [4.69, 9.17) is 16.7 Å². The summed E-state index contributed by atoms with van der Waals surface area (Å²) in [6.07, 6.45) is 0.871. The van der Waals surface area contributed by atoms with Gasteiger partial charge in [0.2, 0.25) is 5.28 Å². The molecule has 16 heavy (non-hydrogen) atoms. The van der Waals surface area contributed by atoms with E-state index in [0.29, 0.717) is 0 Å². The van der Waals surface area contributed by atoms with E-state index in [2.05, 4.69) is 15.3 Å². The normalized spacial score (nSPS) is 10.5. The van der Waals surface area contributed by atoms with Crippen molar-refractivity contribution in [2.75, 3.05) is 5.32 Å². The molecule has 1 rings (SSSR count). The van der Waals surface area contributed by atoms with Crippen LogP contribution < -0.4 is 5.32 Å². The fourth-order valence-corrected chi connectivity index (χ4v) is 0.916. The second kappa shape index (κ2) is 5.27. The summed E-state index contributed by atoms with van der Waals surface area (Å²) in [5, 5.41) is 11.1. The highest BCUT2D eigenvalue weighted by Gasteiger charge is 2.28. The monoisotopic (exact) mass is 269 g/mol. The van der Waals surface area contributed by atoms with Gasteiger partial charge in [0.05, 0.1) is 6.20 Å². The SMILES string of the molecule is CC(C)(Nc1nc(Cl)ncc1F)C(=O)O.Cl. The van der Waals surface area contributed by atoms with Gasteiger partial charge in [0.15, 0.2) is 11.6 Å². The minimum atomic E-state index is -1.33. The van der Waals surface area contributed by atoms with Gasteiger partial charge in [-0.1, -0.05) is 0 Å². The van der Waals surface area contributed by atoms with Gasteiger partial charge in [-0.15, -0.1) is 12.4 Å². The number of aromatic nitrogens is 2. The minimum absolute atomic E-state index is 0. The average molecular weight is 270 g/mol. The summed E-state index contributed by atoms with van der Waals surface area (Å²) >= 11 is 5.45. The highest BCUT2D eigenvalue weighted by molar-refractivity contribution is 6.28. The average Bonchev–Trinajstić information content (AvgIpc) is 2.10. The van der Waals surface area contributed by atoms with E-state index in [-0.39, 0.29) is 23.5 Å². The number of hydrogen-bond acceptors (Lipinski definition) is 4. The Morgan fingerprint density at radius 1 is 1.62 bits per heavy atom. The first kappa shape index (κ1) is 14.9. The Bertz CT molecular complexity index is 401. The molecule has 0 saturated heterocycles.